The van der Waals surface area contributed by atoms with Crippen molar-refractivity contribution in [3.8, 4) is 0 Å². The van der Waals surface area contributed by atoms with Gasteiger partial charge in [0, 0.05) is 24.2 Å². The normalized spacial score (nSPS) is 14.0. The number of carbonyl (C=O) groups is 1. The van der Waals surface area contributed by atoms with Gasteiger partial charge in [-0.3, -0.25) is 4.79 Å². The topological polar surface area (TPSA) is 63.3 Å². The number of benzene rings is 1. The average Bonchev–Trinajstić information content (AvgIpc) is 2.38. The first kappa shape index (κ1) is 17.5. The van der Waals surface area contributed by atoms with Crippen molar-refractivity contribution >= 4 is 5.97 Å². The molecule has 0 bridgehead atoms. The lowest BCUT2D eigenvalue weighted by atomic mass is 9.91. The lowest BCUT2D eigenvalue weighted by Crippen LogP contribution is -2.25. The molecule has 0 fully saturated rings. The highest BCUT2D eigenvalue weighted by molar-refractivity contribution is 5.70. The summed E-state index contributed by atoms with van der Waals surface area (Å²) in [5, 5.41) is 8.91. The summed E-state index contributed by atoms with van der Waals surface area (Å²) in [6.07, 6.45) is 1.71. The molecule has 3 nitrogen and oxygen atoms in total. The predicted molar refractivity (Wildman–Crippen MR) is 73.2 cm³/mol. The first-order chi connectivity index (χ1) is 9.85. The molecule has 0 aliphatic rings. The third kappa shape index (κ3) is 5.38. The van der Waals surface area contributed by atoms with Crippen LogP contribution in [-0.4, -0.2) is 17.6 Å². The van der Waals surface area contributed by atoms with Gasteiger partial charge in [0.15, 0.2) is 0 Å². The summed E-state index contributed by atoms with van der Waals surface area (Å²) < 4.78 is 39.6. The molecule has 0 aliphatic heterocycles. The Bertz CT molecular complexity index is 471. The number of carboxylic acids is 1. The minimum atomic E-state index is -0.936. The Morgan fingerprint density at radius 1 is 1.29 bits per heavy atom. The van der Waals surface area contributed by atoms with Crippen molar-refractivity contribution in [1.29, 1.82) is 0 Å². The van der Waals surface area contributed by atoms with Crippen LogP contribution in [0.15, 0.2) is 12.1 Å². The Balaban J connectivity index is 2.48. The Labute approximate surface area is 122 Å². The van der Waals surface area contributed by atoms with Gasteiger partial charge in [0.1, 0.15) is 17.5 Å². The van der Waals surface area contributed by atoms with Crippen molar-refractivity contribution in [2.24, 2.45) is 17.6 Å². The van der Waals surface area contributed by atoms with Gasteiger partial charge in [0.25, 0.3) is 0 Å². The summed E-state index contributed by atoms with van der Waals surface area (Å²) in [5.41, 5.74) is 5.25. The fourth-order valence-corrected chi connectivity index (χ4v) is 2.34. The van der Waals surface area contributed by atoms with Crippen molar-refractivity contribution in [3.05, 3.63) is 35.1 Å². The van der Waals surface area contributed by atoms with Crippen LogP contribution in [-0.2, 0) is 11.2 Å². The zero-order valence-corrected chi connectivity index (χ0v) is 11.9. The number of aliphatic carboxylic acids is 1. The molecule has 0 amide bonds. The van der Waals surface area contributed by atoms with Crippen LogP contribution in [0.2, 0.25) is 0 Å². The average molecular weight is 303 g/mol. The molecular formula is C15H20F3NO2. The van der Waals surface area contributed by atoms with E-state index in [4.69, 9.17) is 10.8 Å². The second-order valence-corrected chi connectivity index (χ2v) is 5.35. The lowest BCUT2D eigenvalue weighted by Gasteiger charge is -2.16. The molecule has 3 N–H and O–H groups in total. The molecule has 6 heteroatoms. The molecule has 0 saturated carbocycles. The molecule has 0 radical (unpaired) electrons. The Morgan fingerprint density at radius 3 is 2.33 bits per heavy atom. The fraction of sp³-hybridized carbons (Fsp3) is 0.533. The molecule has 1 aromatic rings. The van der Waals surface area contributed by atoms with Gasteiger partial charge < -0.3 is 10.8 Å². The van der Waals surface area contributed by atoms with Crippen LogP contribution in [0.3, 0.4) is 0 Å². The zero-order chi connectivity index (χ0) is 16.0. The molecule has 0 saturated heterocycles. The molecule has 0 aliphatic carbocycles. The summed E-state index contributed by atoms with van der Waals surface area (Å²) in [6.45, 7) is 1.95. The van der Waals surface area contributed by atoms with Gasteiger partial charge in [0.05, 0.1) is 5.92 Å². The van der Waals surface area contributed by atoms with Gasteiger partial charge in [0.2, 0.25) is 0 Å². The van der Waals surface area contributed by atoms with E-state index in [9.17, 15) is 18.0 Å². The van der Waals surface area contributed by atoms with E-state index in [1.54, 1.807) is 0 Å². The third-order valence-electron chi connectivity index (χ3n) is 3.55. The lowest BCUT2D eigenvalue weighted by molar-refractivity contribution is -0.141. The molecule has 0 spiro atoms. The number of nitrogens with two attached hydrogens (primary N) is 1. The van der Waals surface area contributed by atoms with E-state index >= 15 is 0 Å². The fourth-order valence-electron chi connectivity index (χ4n) is 2.34. The maximum atomic E-state index is 13.4. The van der Waals surface area contributed by atoms with E-state index in [1.807, 2.05) is 6.92 Å². The SMILES string of the molecule is CC(CCCc1c(F)cc(F)cc1F)CC(CN)C(=O)O. The summed E-state index contributed by atoms with van der Waals surface area (Å²) in [4.78, 5) is 10.9. The highest BCUT2D eigenvalue weighted by Crippen LogP contribution is 2.21. The Hall–Kier alpha value is -1.56. The second kappa shape index (κ2) is 8.02. The van der Waals surface area contributed by atoms with Gasteiger partial charge in [-0.25, -0.2) is 13.2 Å². The molecule has 0 heterocycles. The van der Waals surface area contributed by atoms with Gasteiger partial charge in [-0.1, -0.05) is 13.3 Å². The van der Waals surface area contributed by atoms with Crippen LogP contribution in [0.1, 0.15) is 31.7 Å². The van der Waals surface area contributed by atoms with Crippen molar-refractivity contribution < 1.29 is 23.1 Å². The van der Waals surface area contributed by atoms with Gasteiger partial charge in [-0.15, -0.1) is 0 Å². The van der Waals surface area contributed by atoms with Crippen LogP contribution < -0.4 is 5.73 Å². The standard InChI is InChI=1S/C15H20F3NO2/c1-9(5-10(8-19)15(20)21)3-2-4-12-13(17)6-11(16)7-14(12)18/h6-7,9-10H,2-5,8,19H2,1H3,(H,20,21). The van der Waals surface area contributed by atoms with Crippen molar-refractivity contribution in [1.82, 2.24) is 0 Å². The number of halogens is 3. The van der Waals surface area contributed by atoms with E-state index < -0.39 is 29.3 Å². The highest BCUT2D eigenvalue weighted by Gasteiger charge is 2.19. The number of hydrogen-bond donors (Lipinski definition) is 2. The van der Waals surface area contributed by atoms with Crippen molar-refractivity contribution in [2.75, 3.05) is 6.54 Å². The van der Waals surface area contributed by atoms with Crippen molar-refractivity contribution in [2.45, 2.75) is 32.6 Å². The quantitative estimate of drug-likeness (QED) is 0.775. The van der Waals surface area contributed by atoms with Crippen molar-refractivity contribution in [3.63, 3.8) is 0 Å². The van der Waals surface area contributed by atoms with Crippen LogP contribution >= 0.6 is 0 Å². The van der Waals surface area contributed by atoms with Crippen LogP contribution in [0.4, 0.5) is 13.2 Å². The van der Waals surface area contributed by atoms with Gasteiger partial charge in [-0.05, 0) is 25.2 Å². The predicted octanol–water partition coefficient (Wildman–Crippen LogP) is 3.11. The Morgan fingerprint density at radius 2 is 1.86 bits per heavy atom. The minimum Gasteiger partial charge on any atom is -0.481 e. The van der Waals surface area contributed by atoms with E-state index in [-0.39, 0.29) is 24.4 Å². The highest BCUT2D eigenvalue weighted by atomic mass is 19.1. The van der Waals surface area contributed by atoms with Crippen LogP contribution in [0.5, 0.6) is 0 Å². The second-order valence-electron chi connectivity index (χ2n) is 5.35. The summed E-state index contributed by atoms with van der Waals surface area (Å²) in [7, 11) is 0. The molecule has 2 atom stereocenters. The monoisotopic (exact) mass is 303 g/mol. The largest absolute Gasteiger partial charge is 0.481 e. The molecule has 0 aromatic heterocycles. The summed E-state index contributed by atoms with van der Waals surface area (Å²) in [6, 6.07) is 1.33. The third-order valence-corrected chi connectivity index (χ3v) is 3.55. The maximum absolute atomic E-state index is 13.4. The van der Waals surface area contributed by atoms with E-state index in [0.717, 1.165) is 0 Å². The van der Waals surface area contributed by atoms with Gasteiger partial charge in [-0.2, -0.15) is 0 Å². The van der Waals surface area contributed by atoms with E-state index in [0.29, 0.717) is 31.4 Å². The van der Waals surface area contributed by atoms with Gasteiger partial charge >= 0.3 is 5.97 Å². The summed E-state index contributed by atoms with van der Waals surface area (Å²) in [5.74, 6) is -4.15. The molecular weight excluding hydrogens is 283 g/mol. The number of hydrogen-bond acceptors (Lipinski definition) is 2. The van der Waals surface area contributed by atoms with Crippen LogP contribution in [0, 0.1) is 29.3 Å². The number of carboxylic acid groups (broad SMARTS) is 1. The molecule has 21 heavy (non-hydrogen) atoms. The van der Waals surface area contributed by atoms with E-state index in [2.05, 4.69) is 0 Å². The zero-order valence-electron chi connectivity index (χ0n) is 11.9. The first-order valence-electron chi connectivity index (χ1n) is 6.91. The molecule has 1 aromatic carbocycles. The molecule has 2 unspecified atom stereocenters. The Kier molecular flexibility index (Phi) is 6.68. The van der Waals surface area contributed by atoms with Crippen LogP contribution in [0.25, 0.3) is 0 Å². The summed E-state index contributed by atoms with van der Waals surface area (Å²) >= 11 is 0. The van der Waals surface area contributed by atoms with E-state index in [1.165, 1.54) is 0 Å². The molecule has 118 valence electrons. The maximum Gasteiger partial charge on any atom is 0.307 e. The minimum absolute atomic E-state index is 0.0703. The first-order valence-corrected chi connectivity index (χ1v) is 6.91. The smallest absolute Gasteiger partial charge is 0.307 e. The number of rotatable bonds is 8. The molecule has 1 rings (SSSR count).